The van der Waals surface area contributed by atoms with Crippen LogP contribution in [0.5, 0.6) is 0 Å². The van der Waals surface area contributed by atoms with Crippen LogP contribution in [0.15, 0.2) is 54.6 Å². The predicted molar refractivity (Wildman–Crippen MR) is 118 cm³/mol. The summed E-state index contributed by atoms with van der Waals surface area (Å²) < 4.78 is 0. The Kier molecular flexibility index (Phi) is 9.21. The maximum absolute atomic E-state index is 12.8. The monoisotopic (exact) mass is 426 g/mol. The van der Waals surface area contributed by atoms with Gasteiger partial charge in [-0.15, -0.1) is 0 Å². The Balaban J connectivity index is 2.11. The average Bonchev–Trinajstić information content (AvgIpc) is 2.75. The van der Waals surface area contributed by atoms with Crippen LogP contribution in [0.4, 0.5) is 0 Å². The van der Waals surface area contributed by atoms with E-state index in [9.17, 15) is 19.5 Å². The number of hydrogen-bond donors (Lipinski definition) is 4. The molecule has 0 heterocycles. The molecule has 3 atom stereocenters. The van der Waals surface area contributed by atoms with E-state index in [0.717, 1.165) is 16.7 Å². The summed E-state index contributed by atoms with van der Waals surface area (Å²) in [5.74, 6) is -3.19. The number of carboxylic acids is 2. The molecule has 2 aromatic carbocycles. The normalized spacial score (nSPS) is 13.7. The summed E-state index contributed by atoms with van der Waals surface area (Å²) in [6.07, 6.45) is 1.17. The summed E-state index contributed by atoms with van der Waals surface area (Å²) in [6, 6.07) is 15.5. The molecule has 0 radical (unpaired) electrons. The highest BCUT2D eigenvalue weighted by molar-refractivity contribution is 5.84. The molecule has 166 valence electrons. The summed E-state index contributed by atoms with van der Waals surface area (Å²) in [4.78, 5) is 35.7. The van der Waals surface area contributed by atoms with Crippen LogP contribution in [0.25, 0.3) is 0 Å². The van der Waals surface area contributed by atoms with Gasteiger partial charge in [-0.25, -0.2) is 0 Å². The highest BCUT2D eigenvalue weighted by Gasteiger charge is 2.27. The lowest BCUT2D eigenvalue weighted by Gasteiger charge is -2.23. The van der Waals surface area contributed by atoms with Crippen molar-refractivity contribution in [3.63, 3.8) is 0 Å². The lowest BCUT2D eigenvalue weighted by Crippen LogP contribution is -2.52. The molecule has 2 aromatic rings. The van der Waals surface area contributed by atoms with Crippen LogP contribution in [0.3, 0.4) is 0 Å². The van der Waals surface area contributed by atoms with Gasteiger partial charge in [0.15, 0.2) is 0 Å². The number of carboxylic acid groups (broad SMARTS) is 2. The van der Waals surface area contributed by atoms with Gasteiger partial charge in [0.05, 0.1) is 12.0 Å². The highest BCUT2D eigenvalue weighted by Crippen LogP contribution is 2.10. The zero-order chi connectivity index (χ0) is 22.8. The van der Waals surface area contributed by atoms with E-state index in [1.165, 1.54) is 6.92 Å². The molecular formula is C24H30N2O5. The SMILES string of the molecule is Cc1ccc(C[C@H](N[C@@H](CCc2ccccc2)C(=O)O)C(=O)NC[C@H](C)C(=O)O)cc1. The molecule has 0 bridgehead atoms. The molecule has 0 fully saturated rings. The molecule has 0 aliphatic heterocycles. The fourth-order valence-electron chi connectivity index (χ4n) is 3.13. The van der Waals surface area contributed by atoms with Gasteiger partial charge in [-0.1, -0.05) is 67.1 Å². The van der Waals surface area contributed by atoms with Crippen molar-refractivity contribution in [3.05, 3.63) is 71.3 Å². The maximum Gasteiger partial charge on any atom is 0.320 e. The Labute approximate surface area is 182 Å². The zero-order valence-corrected chi connectivity index (χ0v) is 17.9. The summed E-state index contributed by atoms with van der Waals surface area (Å²) in [7, 11) is 0. The molecule has 0 saturated heterocycles. The number of aryl methyl sites for hydroxylation is 2. The molecule has 0 saturated carbocycles. The van der Waals surface area contributed by atoms with E-state index < -0.39 is 35.8 Å². The minimum atomic E-state index is -1.03. The molecule has 0 spiro atoms. The zero-order valence-electron chi connectivity index (χ0n) is 17.9. The number of benzene rings is 2. The van der Waals surface area contributed by atoms with E-state index in [2.05, 4.69) is 10.6 Å². The Morgan fingerprint density at radius 2 is 1.52 bits per heavy atom. The van der Waals surface area contributed by atoms with Gasteiger partial charge in [0, 0.05) is 6.54 Å². The lowest BCUT2D eigenvalue weighted by molar-refractivity contribution is -0.141. The third kappa shape index (κ3) is 8.22. The van der Waals surface area contributed by atoms with Crippen molar-refractivity contribution in [1.82, 2.24) is 10.6 Å². The van der Waals surface area contributed by atoms with E-state index in [-0.39, 0.29) is 6.54 Å². The number of rotatable bonds is 12. The second-order valence-corrected chi connectivity index (χ2v) is 7.81. The number of carbonyl (C=O) groups is 3. The van der Waals surface area contributed by atoms with Gasteiger partial charge in [0.25, 0.3) is 0 Å². The van der Waals surface area contributed by atoms with Crippen LogP contribution < -0.4 is 10.6 Å². The van der Waals surface area contributed by atoms with E-state index >= 15 is 0 Å². The molecule has 0 unspecified atom stereocenters. The lowest BCUT2D eigenvalue weighted by atomic mass is 10.0. The van der Waals surface area contributed by atoms with Crippen molar-refractivity contribution >= 4 is 17.8 Å². The van der Waals surface area contributed by atoms with Crippen molar-refractivity contribution in [2.45, 2.75) is 45.2 Å². The van der Waals surface area contributed by atoms with Gasteiger partial charge in [-0.05, 0) is 37.3 Å². The van der Waals surface area contributed by atoms with E-state index in [4.69, 9.17) is 5.11 Å². The summed E-state index contributed by atoms with van der Waals surface area (Å²) in [6.45, 7) is 3.44. The van der Waals surface area contributed by atoms with Crippen molar-refractivity contribution in [1.29, 1.82) is 0 Å². The first-order valence-electron chi connectivity index (χ1n) is 10.3. The largest absolute Gasteiger partial charge is 0.481 e. The Bertz CT molecular complexity index is 867. The molecule has 0 aromatic heterocycles. The van der Waals surface area contributed by atoms with Crippen molar-refractivity contribution in [3.8, 4) is 0 Å². The molecular weight excluding hydrogens is 396 g/mol. The third-order valence-electron chi connectivity index (χ3n) is 5.15. The predicted octanol–water partition coefficient (Wildman–Crippen LogP) is 2.42. The van der Waals surface area contributed by atoms with Crippen molar-refractivity contribution in [2.24, 2.45) is 5.92 Å². The first kappa shape index (κ1) is 24.1. The number of hydrogen-bond acceptors (Lipinski definition) is 4. The first-order valence-corrected chi connectivity index (χ1v) is 10.3. The van der Waals surface area contributed by atoms with Crippen LogP contribution in [0.2, 0.25) is 0 Å². The van der Waals surface area contributed by atoms with Crippen LogP contribution in [0, 0.1) is 12.8 Å². The Hall–Kier alpha value is -3.19. The molecule has 1 amide bonds. The van der Waals surface area contributed by atoms with Crippen LogP contribution in [0.1, 0.15) is 30.0 Å². The average molecular weight is 427 g/mol. The molecule has 2 rings (SSSR count). The Morgan fingerprint density at radius 3 is 2.10 bits per heavy atom. The standard InChI is InChI=1S/C24H30N2O5/c1-16-8-10-19(11-9-16)14-21(22(27)25-15-17(2)23(28)29)26-20(24(30)31)13-12-18-6-4-3-5-7-18/h3-11,17,20-21,26H,12-15H2,1-2H3,(H,25,27)(H,28,29)(H,30,31)/t17-,20-,21-/m0/s1. The second-order valence-electron chi connectivity index (χ2n) is 7.81. The summed E-state index contributed by atoms with van der Waals surface area (Å²) in [5.41, 5.74) is 2.99. The van der Waals surface area contributed by atoms with E-state index in [0.29, 0.717) is 19.3 Å². The number of aliphatic carboxylic acids is 2. The van der Waals surface area contributed by atoms with Gasteiger partial charge < -0.3 is 15.5 Å². The highest BCUT2D eigenvalue weighted by atomic mass is 16.4. The molecule has 31 heavy (non-hydrogen) atoms. The van der Waals surface area contributed by atoms with Gasteiger partial charge in [0.2, 0.25) is 5.91 Å². The fraction of sp³-hybridized carbons (Fsp3) is 0.375. The third-order valence-corrected chi connectivity index (χ3v) is 5.15. The van der Waals surface area contributed by atoms with Gasteiger partial charge in [0.1, 0.15) is 6.04 Å². The van der Waals surface area contributed by atoms with E-state index in [1.807, 2.05) is 61.5 Å². The summed E-state index contributed by atoms with van der Waals surface area (Å²) >= 11 is 0. The second kappa shape index (κ2) is 11.9. The molecule has 7 nitrogen and oxygen atoms in total. The molecule has 0 aliphatic rings. The first-order chi connectivity index (χ1) is 14.8. The molecule has 4 N–H and O–H groups in total. The van der Waals surface area contributed by atoms with Gasteiger partial charge >= 0.3 is 11.9 Å². The fourth-order valence-corrected chi connectivity index (χ4v) is 3.13. The quantitative estimate of drug-likeness (QED) is 0.414. The van der Waals surface area contributed by atoms with Gasteiger partial charge in [-0.2, -0.15) is 0 Å². The summed E-state index contributed by atoms with van der Waals surface area (Å²) in [5, 5.41) is 24.4. The Morgan fingerprint density at radius 1 is 0.871 bits per heavy atom. The number of nitrogens with one attached hydrogen (secondary N) is 2. The van der Waals surface area contributed by atoms with Crippen LogP contribution in [-0.2, 0) is 27.2 Å². The van der Waals surface area contributed by atoms with E-state index in [1.54, 1.807) is 0 Å². The van der Waals surface area contributed by atoms with Crippen molar-refractivity contribution in [2.75, 3.05) is 6.54 Å². The minimum absolute atomic E-state index is 0.0258. The minimum Gasteiger partial charge on any atom is -0.481 e. The number of carbonyl (C=O) groups excluding carboxylic acids is 1. The van der Waals surface area contributed by atoms with Crippen LogP contribution in [-0.4, -0.2) is 46.7 Å². The molecule has 0 aliphatic carbocycles. The van der Waals surface area contributed by atoms with Crippen LogP contribution >= 0.6 is 0 Å². The topological polar surface area (TPSA) is 116 Å². The number of amides is 1. The smallest absolute Gasteiger partial charge is 0.320 e. The molecule has 7 heteroatoms. The maximum atomic E-state index is 12.8. The van der Waals surface area contributed by atoms with Gasteiger partial charge in [-0.3, -0.25) is 19.7 Å². The van der Waals surface area contributed by atoms with Crippen molar-refractivity contribution < 1.29 is 24.6 Å².